The monoisotopic (exact) mass is 294 g/mol. The molecule has 0 amide bonds. The number of hydrogen-bond donors (Lipinski definition) is 0. The van der Waals surface area contributed by atoms with Crippen LogP contribution < -0.4 is 4.90 Å². The van der Waals surface area contributed by atoms with Crippen molar-refractivity contribution >= 4 is 11.5 Å². The summed E-state index contributed by atoms with van der Waals surface area (Å²) in [6.07, 6.45) is 11.2. The molecule has 2 aliphatic rings. The predicted octanol–water partition coefficient (Wildman–Crippen LogP) is 3.06. The van der Waals surface area contributed by atoms with E-state index < -0.39 is 0 Å². The third-order valence-electron chi connectivity index (χ3n) is 4.15. The summed E-state index contributed by atoms with van der Waals surface area (Å²) in [6.45, 7) is 1.97. The van der Waals surface area contributed by atoms with Crippen LogP contribution in [0.4, 0.5) is 5.69 Å². The Morgan fingerprint density at radius 2 is 2.00 bits per heavy atom. The maximum absolute atomic E-state index is 12.5. The highest BCUT2D eigenvalue weighted by Crippen LogP contribution is 2.32. The molecule has 3 nitrogen and oxygen atoms in total. The molecule has 1 aliphatic heterocycles. The van der Waals surface area contributed by atoms with Crippen LogP contribution in [0.2, 0.25) is 0 Å². The zero-order valence-electron chi connectivity index (χ0n) is 13.2. The van der Waals surface area contributed by atoms with Gasteiger partial charge in [0.25, 0.3) is 0 Å². The number of carbonyl (C=O) groups excluding carboxylic acids is 1. The highest BCUT2D eigenvalue weighted by Gasteiger charge is 2.27. The molecule has 3 rings (SSSR count). The number of fused-ring (bicyclic) bond motifs is 2. The zero-order valence-corrected chi connectivity index (χ0v) is 13.2. The Bertz CT molecular complexity index is 655. The number of anilines is 1. The van der Waals surface area contributed by atoms with Gasteiger partial charge in [-0.15, -0.1) is 0 Å². The average Bonchev–Trinajstić information content (AvgIpc) is 2.63. The lowest BCUT2D eigenvalue weighted by molar-refractivity contribution is 0.104. The lowest BCUT2D eigenvalue weighted by Gasteiger charge is -2.33. The molecule has 1 aromatic carbocycles. The summed E-state index contributed by atoms with van der Waals surface area (Å²) in [5, 5.41) is 0. The normalized spacial score (nSPS) is 19.8. The predicted molar refractivity (Wildman–Crippen MR) is 91.4 cm³/mol. The van der Waals surface area contributed by atoms with E-state index in [4.69, 9.17) is 0 Å². The van der Waals surface area contributed by atoms with E-state index in [2.05, 4.69) is 42.1 Å². The lowest BCUT2D eigenvalue weighted by atomic mass is 10.00. The van der Waals surface area contributed by atoms with Gasteiger partial charge in [0, 0.05) is 17.8 Å². The van der Waals surface area contributed by atoms with Gasteiger partial charge in [-0.1, -0.05) is 36.4 Å². The number of allylic oxidation sites excluding steroid dienone is 3. The number of ketones is 1. The van der Waals surface area contributed by atoms with E-state index in [1.165, 1.54) is 0 Å². The van der Waals surface area contributed by atoms with Crippen molar-refractivity contribution in [3.8, 4) is 0 Å². The fourth-order valence-corrected chi connectivity index (χ4v) is 3.09. The highest BCUT2D eigenvalue weighted by atomic mass is 16.1. The van der Waals surface area contributed by atoms with E-state index in [1.807, 2.05) is 30.4 Å². The first kappa shape index (κ1) is 14.8. The van der Waals surface area contributed by atoms with Crippen molar-refractivity contribution in [2.75, 3.05) is 32.1 Å². The molecule has 0 spiro atoms. The van der Waals surface area contributed by atoms with Gasteiger partial charge in [0.1, 0.15) is 0 Å². The molecule has 0 bridgehead atoms. The Morgan fingerprint density at radius 1 is 1.18 bits per heavy atom. The van der Waals surface area contributed by atoms with Crippen molar-refractivity contribution < 1.29 is 4.79 Å². The van der Waals surface area contributed by atoms with Crippen LogP contribution >= 0.6 is 0 Å². The van der Waals surface area contributed by atoms with Gasteiger partial charge in [-0.2, -0.15) is 0 Å². The van der Waals surface area contributed by atoms with Crippen molar-refractivity contribution in [1.82, 2.24) is 4.90 Å². The maximum Gasteiger partial charge on any atom is 0.188 e. The van der Waals surface area contributed by atoms with Crippen molar-refractivity contribution in [2.24, 2.45) is 0 Å². The molecule has 3 heteroatoms. The average molecular weight is 294 g/mol. The summed E-state index contributed by atoms with van der Waals surface area (Å²) < 4.78 is 0. The third kappa shape index (κ3) is 2.90. The van der Waals surface area contributed by atoms with E-state index >= 15 is 0 Å². The Labute approximate surface area is 132 Å². The van der Waals surface area contributed by atoms with Crippen molar-refractivity contribution in [2.45, 2.75) is 12.5 Å². The van der Waals surface area contributed by atoms with E-state index in [1.54, 1.807) is 6.08 Å². The summed E-state index contributed by atoms with van der Waals surface area (Å²) in [5.74, 6) is 0.102. The topological polar surface area (TPSA) is 23.6 Å². The molecule has 1 aliphatic carbocycles. The van der Waals surface area contributed by atoms with Crippen LogP contribution in [0.25, 0.3) is 0 Å². The number of nitrogens with zero attached hydrogens (tertiary/aromatic N) is 2. The quantitative estimate of drug-likeness (QED) is 0.852. The molecule has 1 atom stereocenters. The number of carbonyl (C=O) groups is 1. The first-order valence-electron chi connectivity index (χ1n) is 7.78. The van der Waals surface area contributed by atoms with Crippen LogP contribution in [0.3, 0.4) is 0 Å². The molecular formula is C19H22N2O. The first-order chi connectivity index (χ1) is 10.7. The Kier molecular flexibility index (Phi) is 4.25. The molecule has 22 heavy (non-hydrogen) atoms. The van der Waals surface area contributed by atoms with E-state index in [0.29, 0.717) is 0 Å². The Balaban J connectivity index is 1.97. The lowest BCUT2D eigenvalue weighted by Crippen LogP contribution is -2.37. The Hall–Kier alpha value is -2.13. The van der Waals surface area contributed by atoms with Crippen molar-refractivity contribution in [3.05, 3.63) is 65.8 Å². The highest BCUT2D eigenvalue weighted by molar-refractivity contribution is 6.10. The van der Waals surface area contributed by atoms with Crippen LogP contribution in [0.1, 0.15) is 16.8 Å². The summed E-state index contributed by atoms with van der Waals surface area (Å²) in [7, 11) is 4.18. The van der Waals surface area contributed by atoms with Gasteiger partial charge in [-0.3, -0.25) is 4.79 Å². The molecule has 114 valence electrons. The maximum atomic E-state index is 12.5. The third-order valence-corrected chi connectivity index (χ3v) is 4.15. The van der Waals surface area contributed by atoms with E-state index in [9.17, 15) is 4.79 Å². The standard InChI is InChI=1S/C19H22N2O/c1-20(2)12-7-13-21-17-10-5-3-8-15(17)14-19(22)16-9-4-6-11-18(16)21/h3-6,8-11,14,17H,7,12-13H2,1-2H3. The molecule has 0 saturated heterocycles. The van der Waals surface area contributed by atoms with Crippen LogP contribution in [0.5, 0.6) is 0 Å². The second kappa shape index (κ2) is 6.32. The Morgan fingerprint density at radius 3 is 2.82 bits per heavy atom. The minimum absolute atomic E-state index is 0.102. The second-order valence-corrected chi connectivity index (χ2v) is 6.06. The number of para-hydroxylation sites is 1. The van der Waals surface area contributed by atoms with Gasteiger partial charge >= 0.3 is 0 Å². The van der Waals surface area contributed by atoms with Gasteiger partial charge in [-0.05, 0) is 50.8 Å². The first-order valence-corrected chi connectivity index (χ1v) is 7.78. The van der Waals surface area contributed by atoms with E-state index in [-0.39, 0.29) is 11.8 Å². The van der Waals surface area contributed by atoms with Gasteiger partial charge in [0.2, 0.25) is 0 Å². The van der Waals surface area contributed by atoms with Crippen LogP contribution in [0.15, 0.2) is 60.2 Å². The molecule has 0 radical (unpaired) electrons. The second-order valence-electron chi connectivity index (χ2n) is 6.06. The van der Waals surface area contributed by atoms with Crippen LogP contribution in [-0.2, 0) is 0 Å². The van der Waals surface area contributed by atoms with Crippen molar-refractivity contribution in [3.63, 3.8) is 0 Å². The molecule has 1 heterocycles. The molecule has 0 saturated carbocycles. The van der Waals surface area contributed by atoms with Crippen LogP contribution in [0, 0.1) is 0 Å². The molecule has 0 fully saturated rings. The number of benzene rings is 1. The molecular weight excluding hydrogens is 272 g/mol. The minimum atomic E-state index is 0.102. The minimum Gasteiger partial charge on any atom is -0.360 e. The van der Waals surface area contributed by atoms with Crippen molar-refractivity contribution in [1.29, 1.82) is 0 Å². The summed E-state index contributed by atoms with van der Waals surface area (Å²) in [6, 6.07) is 8.09. The fourth-order valence-electron chi connectivity index (χ4n) is 3.09. The number of rotatable bonds is 4. The summed E-state index contributed by atoms with van der Waals surface area (Å²) in [5.41, 5.74) is 2.92. The van der Waals surface area contributed by atoms with Gasteiger partial charge < -0.3 is 9.80 Å². The summed E-state index contributed by atoms with van der Waals surface area (Å²) in [4.78, 5) is 17.1. The molecule has 0 aromatic heterocycles. The molecule has 1 unspecified atom stereocenters. The SMILES string of the molecule is CN(C)CCCN1c2ccccc2C(=O)C=C2C=CC=CC21. The fraction of sp³-hybridized carbons (Fsp3) is 0.316. The largest absolute Gasteiger partial charge is 0.360 e. The smallest absolute Gasteiger partial charge is 0.188 e. The zero-order chi connectivity index (χ0) is 15.5. The summed E-state index contributed by atoms with van der Waals surface area (Å²) >= 11 is 0. The van der Waals surface area contributed by atoms with Gasteiger partial charge in [0.05, 0.1) is 6.04 Å². The van der Waals surface area contributed by atoms with Gasteiger partial charge in [-0.25, -0.2) is 0 Å². The van der Waals surface area contributed by atoms with Crippen LogP contribution in [-0.4, -0.2) is 43.9 Å². The molecule has 0 N–H and O–H groups in total. The number of hydrogen-bond acceptors (Lipinski definition) is 3. The van der Waals surface area contributed by atoms with Gasteiger partial charge in [0.15, 0.2) is 5.78 Å². The molecule has 1 aromatic rings. The van der Waals surface area contributed by atoms with E-state index in [0.717, 1.165) is 36.3 Å².